The molecule has 2 aromatic carbocycles. The molecule has 130 valence electrons. The molecule has 0 radical (unpaired) electrons. The number of para-hydroxylation sites is 1. The van der Waals surface area contributed by atoms with Crippen molar-refractivity contribution >= 4 is 23.1 Å². The van der Waals surface area contributed by atoms with Crippen LogP contribution in [0.2, 0.25) is 0 Å². The van der Waals surface area contributed by atoms with Gasteiger partial charge in [-0.05, 0) is 41.3 Å². The van der Waals surface area contributed by atoms with Crippen LogP contribution in [0, 0.1) is 11.3 Å². The summed E-state index contributed by atoms with van der Waals surface area (Å²) in [5.41, 5.74) is 3.60. The molecule has 0 spiro atoms. The van der Waals surface area contributed by atoms with Crippen molar-refractivity contribution in [2.45, 2.75) is 26.2 Å². The molecule has 0 saturated heterocycles. The van der Waals surface area contributed by atoms with Gasteiger partial charge >= 0.3 is 0 Å². The Morgan fingerprint density at radius 2 is 1.65 bits per heavy atom. The molecule has 3 rings (SSSR count). The smallest absolute Gasteiger partial charge is 0.229 e. The molecule has 0 fully saturated rings. The summed E-state index contributed by atoms with van der Waals surface area (Å²) in [5, 5.41) is 15.6. The molecule has 0 bridgehead atoms. The largest absolute Gasteiger partial charge is 0.339 e. The van der Waals surface area contributed by atoms with Gasteiger partial charge in [0.25, 0.3) is 0 Å². The third kappa shape index (κ3) is 4.17. The molecule has 0 amide bonds. The van der Waals surface area contributed by atoms with Crippen molar-refractivity contribution < 1.29 is 0 Å². The number of nitriles is 1. The van der Waals surface area contributed by atoms with Gasteiger partial charge < -0.3 is 10.6 Å². The molecule has 3 aromatic rings. The van der Waals surface area contributed by atoms with Gasteiger partial charge in [-0.2, -0.15) is 10.2 Å². The summed E-state index contributed by atoms with van der Waals surface area (Å²) in [6.07, 6.45) is 1.68. The average molecular weight is 343 g/mol. The van der Waals surface area contributed by atoms with E-state index in [4.69, 9.17) is 0 Å². The minimum Gasteiger partial charge on any atom is -0.339 e. The Bertz CT molecular complexity index is 934. The molecule has 1 aromatic heterocycles. The predicted molar refractivity (Wildman–Crippen MR) is 105 cm³/mol. The van der Waals surface area contributed by atoms with Crippen molar-refractivity contribution in [2.24, 2.45) is 0 Å². The second kappa shape index (κ2) is 7.24. The van der Waals surface area contributed by atoms with Crippen molar-refractivity contribution in [1.29, 1.82) is 5.26 Å². The summed E-state index contributed by atoms with van der Waals surface area (Å²) >= 11 is 0. The second-order valence-corrected chi connectivity index (χ2v) is 7.00. The van der Waals surface area contributed by atoms with E-state index < -0.39 is 0 Å². The normalized spacial score (nSPS) is 10.8. The van der Waals surface area contributed by atoms with Crippen LogP contribution in [0.3, 0.4) is 0 Å². The average Bonchev–Trinajstić information content (AvgIpc) is 2.62. The van der Waals surface area contributed by atoms with E-state index in [-0.39, 0.29) is 5.41 Å². The van der Waals surface area contributed by atoms with E-state index in [0.29, 0.717) is 23.0 Å². The standard InChI is InChI=1S/C21H21N5/c1-21(2,3)16-8-10-17(11-9-16)24-20-23-13-12-19(26-20)25-18-7-5-4-6-15(18)14-22/h4-13H,1-3H3,(H2,23,24,25,26). The number of benzene rings is 2. The Morgan fingerprint density at radius 1 is 0.923 bits per heavy atom. The van der Waals surface area contributed by atoms with Gasteiger partial charge in [0.15, 0.2) is 0 Å². The Balaban J connectivity index is 1.76. The molecule has 0 unspecified atom stereocenters. The summed E-state index contributed by atoms with van der Waals surface area (Å²) < 4.78 is 0. The van der Waals surface area contributed by atoms with Gasteiger partial charge in [-0.15, -0.1) is 0 Å². The number of aromatic nitrogens is 2. The summed E-state index contributed by atoms with van der Waals surface area (Å²) in [6.45, 7) is 6.56. The maximum absolute atomic E-state index is 9.19. The zero-order chi connectivity index (χ0) is 18.6. The van der Waals surface area contributed by atoms with Gasteiger partial charge in [0.05, 0.1) is 11.3 Å². The first-order valence-corrected chi connectivity index (χ1v) is 8.42. The first kappa shape index (κ1) is 17.4. The highest BCUT2D eigenvalue weighted by Gasteiger charge is 2.13. The van der Waals surface area contributed by atoms with Gasteiger partial charge in [0.1, 0.15) is 11.9 Å². The Hall–Kier alpha value is -3.39. The third-order valence-corrected chi connectivity index (χ3v) is 3.97. The lowest BCUT2D eigenvalue weighted by Crippen LogP contribution is -2.10. The Labute approximate surface area is 153 Å². The fourth-order valence-electron chi connectivity index (χ4n) is 2.50. The van der Waals surface area contributed by atoms with Crippen molar-refractivity contribution in [2.75, 3.05) is 10.6 Å². The van der Waals surface area contributed by atoms with Crippen LogP contribution in [0.25, 0.3) is 0 Å². The highest BCUT2D eigenvalue weighted by molar-refractivity contribution is 5.65. The predicted octanol–water partition coefficient (Wildman–Crippen LogP) is 5.13. The molecule has 0 aliphatic heterocycles. The molecule has 5 nitrogen and oxygen atoms in total. The van der Waals surface area contributed by atoms with Gasteiger partial charge in [-0.3, -0.25) is 0 Å². The third-order valence-electron chi connectivity index (χ3n) is 3.97. The molecule has 0 aliphatic carbocycles. The Morgan fingerprint density at radius 3 is 2.35 bits per heavy atom. The molecule has 0 saturated carbocycles. The topological polar surface area (TPSA) is 73.6 Å². The lowest BCUT2D eigenvalue weighted by atomic mass is 9.87. The molecular weight excluding hydrogens is 322 g/mol. The van der Waals surface area contributed by atoms with E-state index in [1.807, 2.05) is 30.3 Å². The quantitative estimate of drug-likeness (QED) is 0.687. The van der Waals surface area contributed by atoms with Gasteiger partial charge in [-0.25, -0.2) is 4.98 Å². The maximum atomic E-state index is 9.19. The summed E-state index contributed by atoms with van der Waals surface area (Å²) in [7, 11) is 0. The van der Waals surface area contributed by atoms with Crippen LogP contribution in [0.1, 0.15) is 31.9 Å². The SMILES string of the molecule is CC(C)(C)c1ccc(Nc2nccc(Nc3ccccc3C#N)n2)cc1. The molecule has 2 N–H and O–H groups in total. The Kier molecular flexibility index (Phi) is 4.85. The number of rotatable bonds is 4. The van der Waals surface area contributed by atoms with Crippen LogP contribution in [0.5, 0.6) is 0 Å². The van der Waals surface area contributed by atoms with Crippen molar-refractivity contribution in [3.63, 3.8) is 0 Å². The summed E-state index contributed by atoms with van der Waals surface area (Å²) in [6, 6.07) is 19.5. The van der Waals surface area contributed by atoms with Crippen molar-refractivity contribution in [3.8, 4) is 6.07 Å². The first-order valence-electron chi connectivity index (χ1n) is 8.42. The minimum absolute atomic E-state index is 0.118. The lowest BCUT2D eigenvalue weighted by molar-refractivity contribution is 0.590. The van der Waals surface area contributed by atoms with Crippen LogP contribution in [0.15, 0.2) is 60.8 Å². The minimum atomic E-state index is 0.118. The van der Waals surface area contributed by atoms with Gasteiger partial charge in [0, 0.05) is 11.9 Å². The molecule has 1 heterocycles. The molecule has 5 heteroatoms. The summed E-state index contributed by atoms with van der Waals surface area (Å²) in [4.78, 5) is 8.73. The number of anilines is 4. The van der Waals surface area contributed by atoms with Crippen LogP contribution in [0.4, 0.5) is 23.1 Å². The number of nitrogens with zero attached hydrogens (tertiary/aromatic N) is 3. The van der Waals surface area contributed by atoms with Crippen LogP contribution < -0.4 is 10.6 Å². The van der Waals surface area contributed by atoms with Crippen molar-refractivity contribution in [3.05, 3.63) is 71.9 Å². The fraction of sp³-hybridized carbons (Fsp3) is 0.190. The molecule has 26 heavy (non-hydrogen) atoms. The lowest BCUT2D eigenvalue weighted by Gasteiger charge is -2.19. The molecular formula is C21H21N5. The van der Waals surface area contributed by atoms with E-state index in [0.717, 1.165) is 5.69 Å². The molecule has 0 aliphatic rings. The monoisotopic (exact) mass is 343 g/mol. The highest BCUT2D eigenvalue weighted by atomic mass is 15.1. The van der Waals surface area contributed by atoms with E-state index in [1.54, 1.807) is 18.3 Å². The highest BCUT2D eigenvalue weighted by Crippen LogP contribution is 2.25. The van der Waals surface area contributed by atoms with E-state index >= 15 is 0 Å². The van der Waals surface area contributed by atoms with Crippen molar-refractivity contribution in [1.82, 2.24) is 9.97 Å². The van der Waals surface area contributed by atoms with Gasteiger partial charge in [0.2, 0.25) is 5.95 Å². The number of hydrogen-bond acceptors (Lipinski definition) is 5. The van der Waals surface area contributed by atoms with Crippen LogP contribution >= 0.6 is 0 Å². The van der Waals surface area contributed by atoms with E-state index in [2.05, 4.69) is 59.6 Å². The number of nitrogens with one attached hydrogen (secondary N) is 2. The fourth-order valence-corrected chi connectivity index (χ4v) is 2.50. The van der Waals surface area contributed by atoms with E-state index in [9.17, 15) is 5.26 Å². The van der Waals surface area contributed by atoms with Crippen LogP contribution in [-0.4, -0.2) is 9.97 Å². The second-order valence-electron chi connectivity index (χ2n) is 7.00. The van der Waals surface area contributed by atoms with Gasteiger partial charge in [-0.1, -0.05) is 45.0 Å². The van der Waals surface area contributed by atoms with E-state index in [1.165, 1.54) is 5.56 Å². The zero-order valence-electron chi connectivity index (χ0n) is 15.1. The molecule has 0 atom stereocenters. The summed E-state index contributed by atoms with van der Waals surface area (Å²) in [5.74, 6) is 1.12. The zero-order valence-corrected chi connectivity index (χ0v) is 15.1. The van der Waals surface area contributed by atoms with Crippen LogP contribution in [-0.2, 0) is 5.41 Å². The number of hydrogen-bond donors (Lipinski definition) is 2. The first-order chi connectivity index (χ1) is 12.5. The maximum Gasteiger partial charge on any atom is 0.229 e.